The number of carboxylic acids is 1. The van der Waals surface area contributed by atoms with Crippen molar-refractivity contribution in [2.75, 3.05) is 11.9 Å². The zero-order valence-electron chi connectivity index (χ0n) is 15.4. The average Bonchev–Trinajstić information content (AvgIpc) is 2.98. The van der Waals surface area contributed by atoms with Crippen LogP contribution in [0.2, 0.25) is 0 Å². The van der Waals surface area contributed by atoms with Gasteiger partial charge < -0.3 is 21.1 Å². The number of anilines is 1. The van der Waals surface area contributed by atoms with E-state index in [0.29, 0.717) is 11.3 Å². The predicted molar refractivity (Wildman–Crippen MR) is 94.6 cm³/mol. The Morgan fingerprint density at radius 1 is 1.29 bits per heavy atom. The third-order valence-corrected chi connectivity index (χ3v) is 4.81. The number of carbonyl (C=O) groups is 3. The van der Waals surface area contributed by atoms with Crippen molar-refractivity contribution in [1.82, 2.24) is 10.6 Å². The molecule has 0 aliphatic carbocycles. The normalized spacial score (nSPS) is 23.1. The van der Waals surface area contributed by atoms with Gasteiger partial charge >= 0.3 is 12.1 Å². The molecular weight excluding hydrogens is 379 g/mol. The van der Waals surface area contributed by atoms with Crippen molar-refractivity contribution in [3.05, 3.63) is 29.8 Å². The van der Waals surface area contributed by atoms with Gasteiger partial charge in [-0.2, -0.15) is 13.2 Å². The molecule has 4 N–H and O–H groups in total. The summed E-state index contributed by atoms with van der Waals surface area (Å²) in [5, 5.41) is 16.7. The lowest BCUT2D eigenvalue weighted by Crippen LogP contribution is -2.60. The molecule has 10 heteroatoms. The van der Waals surface area contributed by atoms with Gasteiger partial charge in [-0.1, -0.05) is 12.1 Å². The van der Waals surface area contributed by atoms with Crippen LogP contribution in [0.5, 0.6) is 0 Å². The van der Waals surface area contributed by atoms with Gasteiger partial charge in [-0.25, -0.2) is 4.79 Å². The predicted octanol–water partition coefficient (Wildman–Crippen LogP) is 1.69. The van der Waals surface area contributed by atoms with Crippen LogP contribution in [0.15, 0.2) is 24.3 Å². The lowest BCUT2D eigenvalue weighted by atomic mass is 9.85. The van der Waals surface area contributed by atoms with Crippen molar-refractivity contribution in [1.29, 1.82) is 0 Å². The number of benzene rings is 1. The van der Waals surface area contributed by atoms with Gasteiger partial charge in [0.15, 0.2) is 0 Å². The van der Waals surface area contributed by atoms with E-state index in [-0.39, 0.29) is 25.3 Å². The molecular formula is C18H22F3N3O4. The molecule has 1 fully saturated rings. The molecule has 154 valence electrons. The molecule has 1 aromatic carbocycles. The second-order valence-electron chi connectivity index (χ2n) is 6.96. The van der Waals surface area contributed by atoms with E-state index in [1.807, 2.05) is 0 Å². The molecule has 0 bridgehead atoms. The van der Waals surface area contributed by atoms with E-state index in [4.69, 9.17) is 0 Å². The van der Waals surface area contributed by atoms with Crippen LogP contribution in [0.1, 0.15) is 25.8 Å². The Hall–Kier alpha value is -2.62. The van der Waals surface area contributed by atoms with Crippen molar-refractivity contribution in [3.63, 3.8) is 0 Å². The monoisotopic (exact) mass is 401 g/mol. The Morgan fingerprint density at radius 2 is 1.89 bits per heavy atom. The van der Waals surface area contributed by atoms with Crippen LogP contribution < -0.4 is 16.0 Å². The molecule has 2 unspecified atom stereocenters. The third-order valence-electron chi connectivity index (χ3n) is 4.81. The number of halogens is 3. The Labute approximate surface area is 159 Å². The zero-order valence-corrected chi connectivity index (χ0v) is 15.4. The van der Waals surface area contributed by atoms with E-state index in [2.05, 4.69) is 16.0 Å². The van der Waals surface area contributed by atoms with Gasteiger partial charge in [0.2, 0.25) is 11.8 Å². The van der Waals surface area contributed by atoms with E-state index < -0.39 is 35.6 Å². The standard InChI is InChI=1S/C18H22F3N3O4/c1-10(25)23-12-5-3-11(4-6-12)9-13(15(26)27)24-16(28)17(2)14(7-8-22-17)18(19,20)21/h3-6,13-14,22H,7-9H2,1-2H3,(H,23,25)(H,24,28)(H,26,27)/t13?,14?,17-/m0/s1. The summed E-state index contributed by atoms with van der Waals surface area (Å²) in [6.45, 7) is 2.49. The summed E-state index contributed by atoms with van der Waals surface area (Å²) in [5.41, 5.74) is -0.872. The minimum Gasteiger partial charge on any atom is -0.480 e. The molecule has 1 aliphatic rings. The number of hydrogen-bond acceptors (Lipinski definition) is 4. The van der Waals surface area contributed by atoms with Crippen LogP contribution in [0.25, 0.3) is 0 Å². The fourth-order valence-electron chi connectivity index (χ4n) is 3.29. The molecule has 0 spiro atoms. The molecule has 0 saturated carbocycles. The first kappa shape index (κ1) is 21.7. The Bertz CT molecular complexity index is 751. The number of alkyl halides is 3. The number of carboxylic acid groups (broad SMARTS) is 1. The maximum atomic E-state index is 13.2. The summed E-state index contributed by atoms with van der Waals surface area (Å²) < 4.78 is 39.7. The molecule has 1 aliphatic heterocycles. The van der Waals surface area contributed by atoms with Crippen molar-refractivity contribution in [2.45, 2.75) is 44.4 Å². The largest absolute Gasteiger partial charge is 0.480 e. The van der Waals surface area contributed by atoms with Crippen LogP contribution in [-0.2, 0) is 20.8 Å². The van der Waals surface area contributed by atoms with Crippen LogP contribution in [-0.4, -0.2) is 47.2 Å². The summed E-state index contributed by atoms with van der Waals surface area (Å²) in [6.07, 6.45) is -4.95. The fraction of sp³-hybridized carbons (Fsp3) is 0.500. The molecule has 1 saturated heterocycles. The molecule has 7 nitrogen and oxygen atoms in total. The van der Waals surface area contributed by atoms with Crippen LogP contribution in [0.4, 0.5) is 18.9 Å². The van der Waals surface area contributed by atoms with Gasteiger partial charge in [0.1, 0.15) is 11.6 Å². The molecule has 2 rings (SSSR count). The van der Waals surface area contributed by atoms with Gasteiger partial charge in [-0.05, 0) is 37.6 Å². The van der Waals surface area contributed by atoms with E-state index in [1.54, 1.807) is 24.3 Å². The Kier molecular flexibility index (Phi) is 6.33. The molecule has 1 aromatic rings. The molecule has 3 atom stereocenters. The number of rotatable bonds is 6. The number of aliphatic carboxylic acids is 1. The quantitative estimate of drug-likeness (QED) is 0.580. The van der Waals surface area contributed by atoms with Gasteiger partial charge in [0.05, 0.1) is 5.92 Å². The van der Waals surface area contributed by atoms with E-state index in [1.165, 1.54) is 6.92 Å². The van der Waals surface area contributed by atoms with Gasteiger partial charge in [0.25, 0.3) is 0 Å². The summed E-state index contributed by atoms with van der Waals surface area (Å²) in [5.74, 6) is -4.52. The maximum absolute atomic E-state index is 13.2. The molecule has 1 heterocycles. The molecule has 2 amide bonds. The minimum absolute atomic E-state index is 0.0104. The fourth-order valence-corrected chi connectivity index (χ4v) is 3.29. The van der Waals surface area contributed by atoms with Gasteiger partial charge in [-0.15, -0.1) is 0 Å². The van der Waals surface area contributed by atoms with E-state index in [0.717, 1.165) is 6.92 Å². The molecule has 28 heavy (non-hydrogen) atoms. The summed E-state index contributed by atoms with van der Waals surface area (Å²) in [4.78, 5) is 35.1. The Morgan fingerprint density at radius 3 is 2.39 bits per heavy atom. The molecule has 0 aromatic heterocycles. The highest BCUT2D eigenvalue weighted by Gasteiger charge is 2.57. The smallest absolute Gasteiger partial charge is 0.394 e. The SMILES string of the molecule is CC(=O)Nc1ccc(CC(NC(=O)[C@@]2(C)NCCC2C(F)(F)F)C(=O)O)cc1. The average molecular weight is 401 g/mol. The van der Waals surface area contributed by atoms with Crippen LogP contribution >= 0.6 is 0 Å². The first-order valence-electron chi connectivity index (χ1n) is 8.65. The third kappa shape index (κ3) is 5.00. The van der Waals surface area contributed by atoms with Crippen molar-refractivity contribution >= 4 is 23.5 Å². The number of nitrogens with one attached hydrogen (secondary N) is 3. The summed E-state index contributed by atoms with van der Waals surface area (Å²) in [7, 11) is 0. The first-order valence-corrected chi connectivity index (χ1v) is 8.65. The topological polar surface area (TPSA) is 108 Å². The number of carbonyl (C=O) groups excluding carboxylic acids is 2. The van der Waals surface area contributed by atoms with E-state index >= 15 is 0 Å². The highest BCUT2D eigenvalue weighted by molar-refractivity contribution is 5.91. The zero-order chi connectivity index (χ0) is 21.1. The van der Waals surface area contributed by atoms with Crippen molar-refractivity contribution in [2.24, 2.45) is 5.92 Å². The van der Waals surface area contributed by atoms with Crippen molar-refractivity contribution in [3.8, 4) is 0 Å². The van der Waals surface area contributed by atoms with E-state index in [9.17, 15) is 32.7 Å². The Balaban J connectivity index is 2.11. The number of amides is 2. The first-order chi connectivity index (χ1) is 12.9. The van der Waals surface area contributed by atoms with Gasteiger partial charge in [-0.3, -0.25) is 9.59 Å². The number of hydrogen-bond donors (Lipinski definition) is 4. The summed E-state index contributed by atoms with van der Waals surface area (Å²) in [6, 6.07) is 4.88. The van der Waals surface area contributed by atoms with Crippen LogP contribution in [0.3, 0.4) is 0 Å². The van der Waals surface area contributed by atoms with Gasteiger partial charge in [0, 0.05) is 19.0 Å². The maximum Gasteiger partial charge on any atom is 0.394 e. The second-order valence-corrected chi connectivity index (χ2v) is 6.96. The molecule has 0 radical (unpaired) electrons. The minimum atomic E-state index is -4.58. The van der Waals surface area contributed by atoms with Crippen LogP contribution in [0, 0.1) is 5.92 Å². The van der Waals surface area contributed by atoms with Crippen molar-refractivity contribution < 1.29 is 32.7 Å². The highest BCUT2D eigenvalue weighted by atomic mass is 19.4. The lowest BCUT2D eigenvalue weighted by molar-refractivity contribution is -0.190. The lowest BCUT2D eigenvalue weighted by Gasteiger charge is -2.32. The summed E-state index contributed by atoms with van der Waals surface area (Å²) >= 11 is 0. The second kappa shape index (κ2) is 8.17. The highest BCUT2D eigenvalue weighted by Crippen LogP contribution is 2.40.